The number of methoxy groups -OCH3 is 1. The highest BCUT2D eigenvalue weighted by molar-refractivity contribution is 6.35. The molecule has 2 amide bonds. The number of carbonyl (C=O) groups excluding carboxylic acids is 2. The summed E-state index contributed by atoms with van der Waals surface area (Å²) in [7, 11) is 1.62. The first kappa shape index (κ1) is 15.3. The van der Waals surface area contributed by atoms with Crippen LogP contribution in [0.2, 0.25) is 0 Å². The van der Waals surface area contributed by atoms with E-state index in [0.717, 1.165) is 18.3 Å². The maximum atomic E-state index is 11.8. The minimum Gasteiger partial charge on any atom is -0.385 e. The standard InChI is InChI=1S/C15H26N2O3/c1-10(13-9-11-4-5-12(13)8-11)17-15(19)14(18)16-6-3-7-20-2/h10-13H,3-9H2,1-2H3,(H,16,18)(H,17,19). The van der Waals surface area contributed by atoms with E-state index in [1.54, 1.807) is 7.11 Å². The van der Waals surface area contributed by atoms with Crippen LogP contribution in [0.5, 0.6) is 0 Å². The van der Waals surface area contributed by atoms with Gasteiger partial charge in [0.05, 0.1) is 0 Å². The van der Waals surface area contributed by atoms with Gasteiger partial charge in [-0.3, -0.25) is 9.59 Å². The van der Waals surface area contributed by atoms with Crippen LogP contribution in [0.15, 0.2) is 0 Å². The molecule has 2 bridgehead atoms. The Hall–Kier alpha value is -1.10. The Morgan fingerprint density at radius 2 is 2.05 bits per heavy atom. The minimum absolute atomic E-state index is 0.0996. The van der Waals surface area contributed by atoms with Crippen molar-refractivity contribution in [2.75, 3.05) is 20.3 Å². The molecule has 2 aliphatic rings. The number of nitrogens with one attached hydrogen (secondary N) is 2. The predicted octanol–water partition coefficient (Wildman–Crippen LogP) is 1.08. The Morgan fingerprint density at radius 3 is 2.65 bits per heavy atom. The molecule has 0 saturated heterocycles. The molecule has 0 aromatic rings. The molecule has 114 valence electrons. The van der Waals surface area contributed by atoms with Crippen LogP contribution in [0.3, 0.4) is 0 Å². The Balaban J connectivity index is 1.69. The molecule has 5 heteroatoms. The van der Waals surface area contributed by atoms with Crippen LogP contribution in [0.4, 0.5) is 0 Å². The Morgan fingerprint density at radius 1 is 1.25 bits per heavy atom. The smallest absolute Gasteiger partial charge is 0.309 e. The van der Waals surface area contributed by atoms with Crippen molar-refractivity contribution < 1.29 is 14.3 Å². The topological polar surface area (TPSA) is 67.4 Å². The largest absolute Gasteiger partial charge is 0.385 e. The van der Waals surface area contributed by atoms with Gasteiger partial charge in [0.2, 0.25) is 0 Å². The fraction of sp³-hybridized carbons (Fsp3) is 0.867. The molecule has 2 N–H and O–H groups in total. The highest BCUT2D eigenvalue weighted by Crippen LogP contribution is 2.49. The highest BCUT2D eigenvalue weighted by atomic mass is 16.5. The van der Waals surface area contributed by atoms with Crippen molar-refractivity contribution in [3.05, 3.63) is 0 Å². The van der Waals surface area contributed by atoms with E-state index in [1.807, 2.05) is 6.92 Å². The quantitative estimate of drug-likeness (QED) is 0.566. The van der Waals surface area contributed by atoms with E-state index in [4.69, 9.17) is 4.74 Å². The highest BCUT2D eigenvalue weighted by Gasteiger charge is 2.42. The van der Waals surface area contributed by atoms with Gasteiger partial charge in [0.15, 0.2) is 0 Å². The third kappa shape index (κ3) is 3.72. The summed E-state index contributed by atoms with van der Waals surface area (Å²) in [5.74, 6) is 1.13. The second-order valence-electron chi connectivity index (χ2n) is 6.20. The number of amides is 2. The molecule has 2 rings (SSSR count). The van der Waals surface area contributed by atoms with Gasteiger partial charge in [-0.2, -0.15) is 0 Å². The lowest BCUT2D eigenvalue weighted by molar-refractivity contribution is -0.139. The first-order valence-corrected chi connectivity index (χ1v) is 7.69. The van der Waals surface area contributed by atoms with Gasteiger partial charge in [-0.05, 0) is 50.4 Å². The summed E-state index contributed by atoms with van der Waals surface area (Å²) in [5, 5.41) is 5.48. The van der Waals surface area contributed by atoms with Crippen molar-refractivity contribution >= 4 is 11.8 Å². The number of hydrogen-bond acceptors (Lipinski definition) is 3. The fourth-order valence-corrected chi connectivity index (χ4v) is 3.78. The van der Waals surface area contributed by atoms with Crippen LogP contribution in [0.25, 0.3) is 0 Å². The van der Waals surface area contributed by atoms with E-state index >= 15 is 0 Å². The normalized spacial score (nSPS) is 29.2. The molecular weight excluding hydrogens is 256 g/mol. The van der Waals surface area contributed by atoms with E-state index < -0.39 is 11.8 Å². The molecule has 0 heterocycles. The molecule has 4 unspecified atom stereocenters. The summed E-state index contributed by atoms with van der Waals surface area (Å²) < 4.78 is 4.89. The monoisotopic (exact) mass is 282 g/mol. The Labute approximate surface area is 120 Å². The van der Waals surface area contributed by atoms with Gasteiger partial charge in [0, 0.05) is 26.3 Å². The number of rotatable bonds is 6. The van der Waals surface area contributed by atoms with Crippen molar-refractivity contribution in [1.82, 2.24) is 10.6 Å². The molecule has 5 nitrogen and oxygen atoms in total. The van der Waals surface area contributed by atoms with Crippen LogP contribution >= 0.6 is 0 Å². The van der Waals surface area contributed by atoms with Gasteiger partial charge in [0.1, 0.15) is 0 Å². The predicted molar refractivity (Wildman–Crippen MR) is 76.0 cm³/mol. The zero-order chi connectivity index (χ0) is 14.5. The van der Waals surface area contributed by atoms with E-state index in [-0.39, 0.29) is 6.04 Å². The van der Waals surface area contributed by atoms with Gasteiger partial charge >= 0.3 is 11.8 Å². The number of fused-ring (bicyclic) bond motifs is 2. The molecule has 0 aromatic carbocycles. The average molecular weight is 282 g/mol. The number of ether oxygens (including phenoxy) is 1. The molecule has 2 aliphatic carbocycles. The van der Waals surface area contributed by atoms with E-state index in [2.05, 4.69) is 10.6 Å². The van der Waals surface area contributed by atoms with Crippen molar-refractivity contribution in [2.24, 2.45) is 17.8 Å². The van der Waals surface area contributed by atoms with Crippen LogP contribution in [-0.4, -0.2) is 38.1 Å². The Kier molecular flexibility index (Phi) is 5.40. The zero-order valence-corrected chi connectivity index (χ0v) is 12.5. The summed E-state index contributed by atoms with van der Waals surface area (Å²) in [4.78, 5) is 23.5. The van der Waals surface area contributed by atoms with Crippen LogP contribution < -0.4 is 10.6 Å². The SMILES string of the molecule is COCCCNC(=O)C(=O)NC(C)C1CC2CCC1C2. The molecule has 2 fully saturated rings. The lowest BCUT2D eigenvalue weighted by Gasteiger charge is -2.28. The summed E-state index contributed by atoms with van der Waals surface area (Å²) in [6.45, 7) is 3.09. The van der Waals surface area contributed by atoms with Crippen LogP contribution in [-0.2, 0) is 14.3 Å². The first-order chi connectivity index (χ1) is 9.61. The second-order valence-corrected chi connectivity index (χ2v) is 6.20. The van der Waals surface area contributed by atoms with E-state index in [1.165, 1.54) is 25.7 Å². The third-order valence-corrected chi connectivity index (χ3v) is 4.81. The fourth-order valence-electron chi connectivity index (χ4n) is 3.78. The van der Waals surface area contributed by atoms with E-state index in [9.17, 15) is 9.59 Å². The lowest BCUT2D eigenvalue weighted by atomic mass is 9.84. The van der Waals surface area contributed by atoms with Gasteiger partial charge in [-0.15, -0.1) is 0 Å². The van der Waals surface area contributed by atoms with Crippen molar-refractivity contribution in [3.63, 3.8) is 0 Å². The molecule has 0 aromatic heterocycles. The van der Waals surface area contributed by atoms with Gasteiger partial charge < -0.3 is 15.4 Å². The molecule has 2 saturated carbocycles. The summed E-state index contributed by atoms with van der Waals surface area (Å²) in [6.07, 6.45) is 5.88. The first-order valence-electron chi connectivity index (χ1n) is 7.69. The molecule has 0 spiro atoms. The maximum Gasteiger partial charge on any atom is 0.309 e. The minimum atomic E-state index is -0.531. The molecule has 4 atom stereocenters. The summed E-state index contributed by atoms with van der Waals surface area (Å²) in [5.41, 5.74) is 0. The second kappa shape index (κ2) is 7.07. The van der Waals surface area contributed by atoms with Crippen molar-refractivity contribution in [2.45, 2.75) is 45.1 Å². The summed E-state index contributed by atoms with van der Waals surface area (Å²) in [6, 6.07) is 0.0996. The van der Waals surface area contributed by atoms with Crippen LogP contribution in [0, 0.1) is 17.8 Å². The van der Waals surface area contributed by atoms with Gasteiger partial charge in [0.25, 0.3) is 0 Å². The maximum absolute atomic E-state index is 11.8. The molecule has 0 aliphatic heterocycles. The molecule has 20 heavy (non-hydrogen) atoms. The van der Waals surface area contributed by atoms with Gasteiger partial charge in [-0.1, -0.05) is 6.42 Å². The molecular formula is C15H26N2O3. The molecule has 0 radical (unpaired) electrons. The van der Waals surface area contributed by atoms with Crippen molar-refractivity contribution in [3.8, 4) is 0 Å². The van der Waals surface area contributed by atoms with Crippen LogP contribution in [0.1, 0.15) is 39.0 Å². The number of hydrogen-bond donors (Lipinski definition) is 2. The van der Waals surface area contributed by atoms with Crippen molar-refractivity contribution in [1.29, 1.82) is 0 Å². The third-order valence-electron chi connectivity index (χ3n) is 4.81. The lowest BCUT2D eigenvalue weighted by Crippen LogP contribution is -2.47. The summed E-state index contributed by atoms with van der Waals surface area (Å²) >= 11 is 0. The van der Waals surface area contributed by atoms with E-state index in [0.29, 0.717) is 19.1 Å². The Bertz CT molecular complexity index is 359. The van der Waals surface area contributed by atoms with Gasteiger partial charge in [-0.25, -0.2) is 0 Å². The number of carbonyl (C=O) groups is 2. The zero-order valence-electron chi connectivity index (χ0n) is 12.5. The average Bonchev–Trinajstić information content (AvgIpc) is 3.05.